The minimum absolute atomic E-state index is 0.159. The molecule has 3 rings (SSSR count). The lowest BCUT2D eigenvalue weighted by Gasteiger charge is -2.12. The molecule has 0 amide bonds. The SMILES string of the molecule is CC(Nc1ncc([N+](=O)[O-])cc1Cl)c1cn(-c2ccccc2)nn1. The maximum absolute atomic E-state index is 10.7. The van der Waals surface area contributed by atoms with Crippen LogP contribution < -0.4 is 5.32 Å². The standard InChI is InChI=1S/C15H13ClN6O2/c1-10(18-15-13(16)7-12(8-17-15)22(23)24)14-9-21(20-19-14)11-5-3-2-4-6-11/h2-10H,1H3,(H,17,18). The Morgan fingerprint density at radius 3 is 2.75 bits per heavy atom. The third-order valence-electron chi connectivity index (χ3n) is 3.37. The highest BCUT2D eigenvalue weighted by Crippen LogP contribution is 2.26. The van der Waals surface area contributed by atoms with Gasteiger partial charge < -0.3 is 5.32 Å². The van der Waals surface area contributed by atoms with Crippen LogP contribution in [0.2, 0.25) is 5.02 Å². The zero-order valence-corrected chi connectivity index (χ0v) is 13.4. The van der Waals surface area contributed by atoms with Crippen LogP contribution in [0.4, 0.5) is 11.5 Å². The van der Waals surface area contributed by atoms with Crippen LogP contribution in [0.25, 0.3) is 5.69 Å². The Bertz CT molecular complexity index is 867. The molecule has 0 fully saturated rings. The minimum Gasteiger partial charge on any atom is -0.361 e. The van der Waals surface area contributed by atoms with Crippen LogP contribution in [0.15, 0.2) is 48.8 Å². The first kappa shape index (κ1) is 15.9. The number of hydrogen-bond acceptors (Lipinski definition) is 6. The Hall–Kier alpha value is -3.00. The summed E-state index contributed by atoms with van der Waals surface area (Å²) < 4.78 is 1.67. The molecule has 0 spiro atoms. The summed E-state index contributed by atoms with van der Waals surface area (Å²) in [5, 5.41) is 22.2. The number of anilines is 1. The van der Waals surface area contributed by atoms with Crippen LogP contribution in [-0.2, 0) is 0 Å². The molecule has 2 heterocycles. The summed E-state index contributed by atoms with van der Waals surface area (Å²) in [6, 6.07) is 10.6. The van der Waals surface area contributed by atoms with Gasteiger partial charge in [0.1, 0.15) is 17.7 Å². The molecule has 0 aliphatic heterocycles. The maximum atomic E-state index is 10.7. The van der Waals surface area contributed by atoms with E-state index in [2.05, 4.69) is 20.6 Å². The molecule has 0 saturated heterocycles. The minimum atomic E-state index is -0.544. The third-order valence-corrected chi connectivity index (χ3v) is 3.65. The molecule has 0 saturated carbocycles. The van der Waals surface area contributed by atoms with Gasteiger partial charge in [0.2, 0.25) is 0 Å². The van der Waals surface area contributed by atoms with Crippen LogP contribution >= 0.6 is 11.6 Å². The van der Waals surface area contributed by atoms with Crippen molar-refractivity contribution in [3.8, 4) is 5.69 Å². The van der Waals surface area contributed by atoms with Gasteiger partial charge in [0, 0.05) is 6.07 Å². The van der Waals surface area contributed by atoms with Crippen LogP contribution in [0.3, 0.4) is 0 Å². The summed E-state index contributed by atoms with van der Waals surface area (Å²) in [6.45, 7) is 1.87. The number of halogens is 1. The van der Waals surface area contributed by atoms with Crippen molar-refractivity contribution in [1.82, 2.24) is 20.0 Å². The largest absolute Gasteiger partial charge is 0.361 e. The van der Waals surface area contributed by atoms with E-state index in [1.807, 2.05) is 37.3 Å². The molecule has 0 bridgehead atoms. The highest BCUT2D eigenvalue weighted by Gasteiger charge is 2.15. The van der Waals surface area contributed by atoms with E-state index >= 15 is 0 Å². The van der Waals surface area contributed by atoms with Crippen molar-refractivity contribution in [2.75, 3.05) is 5.32 Å². The van der Waals surface area contributed by atoms with E-state index in [4.69, 9.17) is 11.6 Å². The second-order valence-electron chi connectivity index (χ2n) is 5.07. The van der Waals surface area contributed by atoms with Gasteiger partial charge in [0.15, 0.2) is 0 Å². The van der Waals surface area contributed by atoms with Crippen molar-refractivity contribution in [1.29, 1.82) is 0 Å². The fraction of sp³-hybridized carbons (Fsp3) is 0.133. The highest BCUT2D eigenvalue weighted by molar-refractivity contribution is 6.33. The molecule has 2 aromatic heterocycles. The van der Waals surface area contributed by atoms with Gasteiger partial charge in [0.05, 0.1) is 27.9 Å². The second-order valence-corrected chi connectivity index (χ2v) is 5.48. The van der Waals surface area contributed by atoms with Crippen molar-refractivity contribution in [3.63, 3.8) is 0 Å². The average molecular weight is 345 g/mol. The Morgan fingerprint density at radius 1 is 1.33 bits per heavy atom. The normalized spacial score (nSPS) is 11.9. The van der Waals surface area contributed by atoms with Gasteiger partial charge in [-0.3, -0.25) is 10.1 Å². The molecule has 1 unspecified atom stereocenters. The molecule has 1 atom stereocenters. The first-order valence-corrected chi connectivity index (χ1v) is 7.46. The van der Waals surface area contributed by atoms with Gasteiger partial charge in [-0.1, -0.05) is 35.0 Å². The fourth-order valence-corrected chi connectivity index (χ4v) is 2.31. The Balaban J connectivity index is 1.77. The number of nitrogens with zero attached hydrogens (tertiary/aromatic N) is 5. The van der Waals surface area contributed by atoms with Crippen molar-refractivity contribution < 1.29 is 4.92 Å². The van der Waals surface area contributed by atoms with Crippen LogP contribution in [0.5, 0.6) is 0 Å². The van der Waals surface area contributed by atoms with E-state index in [1.165, 1.54) is 6.07 Å². The summed E-state index contributed by atoms with van der Waals surface area (Å²) in [6.07, 6.45) is 2.95. The Kier molecular flexibility index (Phi) is 4.39. The first-order chi connectivity index (χ1) is 11.5. The van der Waals surface area contributed by atoms with Gasteiger partial charge >= 0.3 is 0 Å². The first-order valence-electron chi connectivity index (χ1n) is 7.09. The van der Waals surface area contributed by atoms with Crippen LogP contribution in [-0.4, -0.2) is 24.9 Å². The molecule has 3 aromatic rings. The van der Waals surface area contributed by atoms with E-state index in [0.717, 1.165) is 11.9 Å². The molecule has 0 aliphatic rings. The average Bonchev–Trinajstić information content (AvgIpc) is 3.07. The number of pyridine rings is 1. The monoisotopic (exact) mass is 344 g/mol. The lowest BCUT2D eigenvalue weighted by Crippen LogP contribution is -2.09. The summed E-state index contributed by atoms with van der Waals surface area (Å²) in [5.74, 6) is 0.351. The zero-order chi connectivity index (χ0) is 17.1. The van der Waals surface area contributed by atoms with Crippen LogP contribution in [0.1, 0.15) is 18.7 Å². The Labute approximate surface area is 142 Å². The molecular weight excluding hydrogens is 332 g/mol. The summed E-state index contributed by atoms with van der Waals surface area (Å²) in [4.78, 5) is 14.2. The van der Waals surface area contributed by atoms with E-state index in [9.17, 15) is 10.1 Å². The van der Waals surface area contributed by atoms with Gasteiger partial charge in [-0.05, 0) is 19.1 Å². The Morgan fingerprint density at radius 2 is 2.08 bits per heavy atom. The molecule has 24 heavy (non-hydrogen) atoms. The van der Waals surface area contributed by atoms with Gasteiger partial charge in [-0.2, -0.15) is 0 Å². The van der Waals surface area contributed by atoms with E-state index in [-0.39, 0.29) is 16.8 Å². The molecule has 122 valence electrons. The molecule has 0 radical (unpaired) electrons. The smallest absolute Gasteiger partial charge is 0.289 e. The van der Waals surface area contributed by atoms with Crippen molar-refractivity contribution in [3.05, 3.63) is 69.6 Å². The number of hydrogen-bond donors (Lipinski definition) is 1. The number of nitro groups is 1. The van der Waals surface area contributed by atoms with E-state index < -0.39 is 4.92 Å². The summed E-state index contributed by atoms with van der Waals surface area (Å²) in [5.41, 5.74) is 1.43. The molecule has 0 aliphatic carbocycles. The molecule has 1 aromatic carbocycles. The number of para-hydroxylation sites is 1. The molecule has 9 heteroatoms. The highest BCUT2D eigenvalue weighted by atomic mass is 35.5. The molecule has 1 N–H and O–H groups in total. The number of aromatic nitrogens is 4. The number of benzene rings is 1. The topological polar surface area (TPSA) is 98.8 Å². The lowest BCUT2D eigenvalue weighted by molar-refractivity contribution is -0.385. The maximum Gasteiger partial charge on any atom is 0.289 e. The van der Waals surface area contributed by atoms with Crippen molar-refractivity contribution in [2.45, 2.75) is 13.0 Å². The quantitative estimate of drug-likeness (QED) is 0.562. The van der Waals surface area contributed by atoms with E-state index in [1.54, 1.807) is 10.9 Å². The zero-order valence-electron chi connectivity index (χ0n) is 12.6. The lowest BCUT2D eigenvalue weighted by atomic mass is 10.2. The van der Waals surface area contributed by atoms with Crippen molar-refractivity contribution >= 4 is 23.1 Å². The number of rotatable bonds is 5. The summed E-state index contributed by atoms with van der Waals surface area (Å²) >= 11 is 6.04. The third kappa shape index (κ3) is 3.33. The number of nitrogens with one attached hydrogen (secondary N) is 1. The second kappa shape index (κ2) is 6.63. The molecule has 8 nitrogen and oxygen atoms in total. The van der Waals surface area contributed by atoms with Crippen molar-refractivity contribution in [2.24, 2.45) is 0 Å². The van der Waals surface area contributed by atoms with Gasteiger partial charge in [-0.25, -0.2) is 9.67 Å². The summed E-state index contributed by atoms with van der Waals surface area (Å²) in [7, 11) is 0. The predicted molar refractivity (Wildman–Crippen MR) is 89.3 cm³/mol. The molecular formula is C15H13ClN6O2. The van der Waals surface area contributed by atoms with E-state index in [0.29, 0.717) is 11.5 Å². The van der Waals surface area contributed by atoms with Gasteiger partial charge in [-0.15, -0.1) is 5.10 Å². The predicted octanol–water partition coefficient (Wildman–Crippen LogP) is 3.40. The van der Waals surface area contributed by atoms with Gasteiger partial charge in [0.25, 0.3) is 5.69 Å². The fourth-order valence-electron chi connectivity index (χ4n) is 2.09. The van der Waals surface area contributed by atoms with Crippen LogP contribution in [0, 0.1) is 10.1 Å².